The van der Waals surface area contributed by atoms with E-state index in [9.17, 15) is 18.0 Å². The molecule has 0 aliphatic carbocycles. The molecule has 0 atom stereocenters. The fourth-order valence-electron chi connectivity index (χ4n) is 3.11. The number of hydrogen-bond acceptors (Lipinski definition) is 4. The van der Waals surface area contributed by atoms with E-state index in [1.165, 1.54) is 33.5 Å². The fraction of sp³-hybridized carbons (Fsp3) is 0.600. The van der Waals surface area contributed by atoms with Crippen LogP contribution in [0.2, 0.25) is 0 Å². The van der Waals surface area contributed by atoms with Crippen molar-refractivity contribution in [3.8, 4) is 0 Å². The number of sulfonamides is 1. The van der Waals surface area contributed by atoms with Gasteiger partial charge < -0.3 is 10.2 Å². The molecule has 0 radical (unpaired) electrons. The van der Waals surface area contributed by atoms with Crippen molar-refractivity contribution in [1.29, 1.82) is 0 Å². The van der Waals surface area contributed by atoms with Crippen LogP contribution in [-0.2, 0) is 14.8 Å². The zero-order chi connectivity index (χ0) is 21.1. The first-order chi connectivity index (χ1) is 12.9. The van der Waals surface area contributed by atoms with Crippen molar-refractivity contribution in [2.75, 3.05) is 26.7 Å². The third kappa shape index (κ3) is 5.78. The van der Waals surface area contributed by atoms with Crippen molar-refractivity contribution < 1.29 is 18.0 Å². The maximum atomic E-state index is 12.8. The normalized spacial score (nSPS) is 16.6. The molecule has 7 nitrogen and oxygen atoms in total. The topological polar surface area (TPSA) is 86.8 Å². The molecule has 0 saturated carbocycles. The summed E-state index contributed by atoms with van der Waals surface area (Å²) in [5.74, 6) is -0.0425. The smallest absolute Gasteiger partial charge is 0.254 e. The van der Waals surface area contributed by atoms with Gasteiger partial charge in [0.25, 0.3) is 5.91 Å². The van der Waals surface area contributed by atoms with E-state index in [0.717, 1.165) is 12.8 Å². The van der Waals surface area contributed by atoms with Gasteiger partial charge in [0.15, 0.2) is 0 Å². The SMILES string of the molecule is CC1CCN(S(=O)(=O)c2ccc(C(=O)N(C)CC(=O)NC(C)(C)C)cc2)CC1. The van der Waals surface area contributed by atoms with Crippen LogP contribution in [0, 0.1) is 5.92 Å². The predicted molar refractivity (Wildman–Crippen MR) is 108 cm³/mol. The summed E-state index contributed by atoms with van der Waals surface area (Å²) in [5, 5.41) is 2.81. The van der Waals surface area contributed by atoms with Gasteiger partial charge in [-0.2, -0.15) is 4.31 Å². The van der Waals surface area contributed by atoms with E-state index in [4.69, 9.17) is 0 Å². The molecule has 1 fully saturated rings. The molecule has 1 aromatic carbocycles. The largest absolute Gasteiger partial charge is 0.350 e. The lowest BCUT2D eigenvalue weighted by Gasteiger charge is -2.29. The molecule has 1 aliphatic heterocycles. The van der Waals surface area contributed by atoms with Gasteiger partial charge in [0.1, 0.15) is 0 Å². The monoisotopic (exact) mass is 409 g/mol. The van der Waals surface area contributed by atoms with Gasteiger partial charge in [0, 0.05) is 31.2 Å². The molecule has 1 N–H and O–H groups in total. The van der Waals surface area contributed by atoms with E-state index in [-0.39, 0.29) is 28.8 Å². The first-order valence-corrected chi connectivity index (χ1v) is 11.0. The van der Waals surface area contributed by atoms with E-state index in [0.29, 0.717) is 24.6 Å². The van der Waals surface area contributed by atoms with Gasteiger partial charge in [0.2, 0.25) is 15.9 Å². The van der Waals surface area contributed by atoms with Crippen molar-refractivity contribution >= 4 is 21.8 Å². The van der Waals surface area contributed by atoms with Crippen LogP contribution in [0.1, 0.15) is 50.9 Å². The minimum absolute atomic E-state index is 0.0673. The lowest BCUT2D eigenvalue weighted by atomic mass is 10.0. The highest BCUT2D eigenvalue weighted by Crippen LogP contribution is 2.23. The molecule has 2 rings (SSSR count). The first-order valence-electron chi connectivity index (χ1n) is 9.57. The molecular weight excluding hydrogens is 378 g/mol. The third-order valence-corrected chi connectivity index (χ3v) is 6.64. The Morgan fingerprint density at radius 2 is 1.68 bits per heavy atom. The van der Waals surface area contributed by atoms with Crippen LogP contribution in [0.5, 0.6) is 0 Å². The fourth-order valence-corrected chi connectivity index (χ4v) is 4.58. The summed E-state index contributed by atoms with van der Waals surface area (Å²) in [7, 11) is -2.00. The molecule has 2 amide bonds. The van der Waals surface area contributed by atoms with Gasteiger partial charge in [-0.3, -0.25) is 9.59 Å². The summed E-state index contributed by atoms with van der Waals surface area (Å²) >= 11 is 0. The number of carbonyl (C=O) groups excluding carboxylic acids is 2. The van der Waals surface area contributed by atoms with Crippen molar-refractivity contribution in [3.05, 3.63) is 29.8 Å². The summed E-state index contributed by atoms with van der Waals surface area (Å²) in [6.07, 6.45) is 1.72. The van der Waals surface area contributed by atoms with E-state index >= 15 is 0 Å². The van der Waals surface area contributed by atoms with E-state index in [1.807, 2.05) is 20.8 Å². The van der Waals surface area contributed by atoms with Crippen molar-refractivity contribution in [1.82, 2.24) is 14.5 Å². The number of piperidine rings is 1. The number of likely N-dealkylation sites (N-methyl/N-ethyl adjacent to an activating group) is 1. The van der Waals surface area contributed by atoms with E-state index in [2.05, 4.69) is 12.2 Å². The molecule has 0 unspecified atom stereocenters. The standard InChI is InChI=1S/C20H31N3O4S/c1-15-10-12-23(13-11-15)28(26,27)17-8-6-16(7-9-17)19(25)22(5)14-18(24)21-20(2,3)4/h6-9,15H,10-14H2,1-5H3,(H,21,24). The highest BCUT2D eigenvalue weighted by Gasteiger charge is 2.28. The number of nitrogens with zero attached hydrogens (tertiary/aromatic N) is 2. The van der Waals surface area contributed by atoms with Crippen LogP contribution in [0.15, 0.2) is 29.2 Å². The highest BCUT2D eigenvalue weighted by atomic mass is 32.2. The van der Waals surface area contributed by atoms with Crippen LogP contribution >= 0.6 is 0 Å². The number of benzene rings is 1. The summed E-state index contributed by atoms with van der Waals surface area (Å²) < 4.78 is 27.0. The second-order valence-corrected chi connectivity index (χ2v) is 10.5. The number of carbonyl (C=O) groups is 2. The van der Waals surface area contributed by atoms with Crippen LogP contribution < -0.4 is 5.32 Å². The van der Waals surface area contributed by atoms with Crippen LogP contribution in [0.4, 0.5) is 0 Å². The molecule has 1 aliphatic rings. The maximum Gasteiger partial charge on any atom is 0.254 e. The molecule has 8 heteroatoms. The van der Waals surface area contributed by atoms with Gasteiger partial charge in [-0.1, -0.05) is 6.92 Å². The zero-order valence-corrected chi connectivity index (χ0v) is 18.2. The molecule has 0 bridgehead atoms. The van der Waals surface area contributed by atoms with E-state index in [1.54, 1.807) is 7.05 Å². The summed E-state index contributed by atoms with van der Waals surface area (Å²) in [4.78, 5) is 26.0. The van der Waals surface area contributed by atoms with Crippen molar-refractivity contribution in [2.45, 2.75) is 51.0 Å². The summed E-state index contributed by atoms with van der Waals surface area (Å²) in [6, 6.07) is 5.92. The Bertz CT molecular complexity index is 805. The Hall–Kier alpha value is -1.93. The van der Waals surface area contributed by atoms with Gasteiger partial charge in [-0.05, 0) is 63.8 Å². The Morgan fingerprint density at radius 1 is 1.14 bits per heavy atom. The van der Waals surface area contributed by atoms with Crippen molar-refractivity contribution in [2.24, 2.45) is 5.92 Å². The maximum absolute atomic E-state index is 12.8. The molecule has 1 aromatic rings. The predicted octanol–water partition coefficient (Wildman–Crippen LogP) is 2.09. The summed E-state index contributed by atoms with van der Waals surface area (Å²) in [6.45, 7) is 8.72. The molecule has 0 spiro atoms. The minimum Gasteiger partial charge on any atom is -0.350 e. The van der Waals surface area contributed by atoms with Gasteiger partial charge in [0.05, 0.1) is 11.4 Å². The number of hydrogen-bond donors (Lipinski definition) is 1. The lowest BCUT2D eigenvalue weighted by Crippen LogP contribution is -2.46. The first kappa shape index (κ1) is 22.4. The summed E-state index contributed by atoms with van der Waals surface area (Å²) in [5.41, 5.74) is -0.0271. The Kier molecular flexibility index (Phi) is 6.88. The van der Waals surface area contributed by atoms with Crippen LogP contribution in [0.3, 0.4) is 0 Å². The number of nitrogens with one attached hydrogen (secondary N) is 1. The molecule has 156 valence electrons. The number of amides is 2. The number of rotatable bonds is 5. The minimum atomic E-state index is -3.54. The van der Waals surface area contributed by atoms with Gasteiger partial charge in [-0.25, -0.2) is 8.42 Å². The van der Waals surface area contributed by atoms with E-state index < -0.39 is 10.0 Å². The molecule has 1 saturated heterocycles. The van der Waals surface area contributed by atoms with Crippen LogP contribution in [0.25, 0.3) is 0 Å². The average Bonchev–Trinajstić information content (AvgIpc) is 2.59. The molecular formula is C20H31N3O4S. The second-order valence-electron chi connectivity index (χ2n) is 8.57. The Morgan fingerprint density at radius 3 is 2.18 bits per heavy atom. The molecule has 0 aromatic heterocycles. The molecule has 28 heavy (non-hydrogen) atoms. The zero-order valence-electron chi connectivity index (χ0n) is 17.4. The Balaban J connectivity index is 2.05. The quantitative estimate of drug-likeness (QED) is 0.807. The Labute approximate surface area is 168 Å². The second kappa shape index (κ2) is 8.61. The van der Waals surface area contributed by atoms with Gasteiger partial charge in [-0.15, -0.1) is 0 Å². The van der Waals surface area contributed by atoms with Gasteiger partial charge >= 0.3 is 0 Å². The molecule has 1 heterocycles. The highest BCUT2D eigenvalue weighted by molar-refractivity contribution is 7.89. The third-order valence-electron chi connectivity index (χ3n) is 4.72. The lowest BCUT2D eigenvalue weighted by molar-refractivity contribution is -0.122. The van der Waals surface area contributed by atoms with Crippen molar-refractivity contribution in [3.63, 3.8) is 0 Å². The average molecular weight is 410 g/mol. The van der Waals surface area contributed by atoms with Crippen LogP contribution in [-0.4, -0.2) is 61.7 Å².